The van der Waals surface area contributed by atoms with Gasteiger partial charge in [-0.1, -0.05) is 44.2 Å². The number of piperidine rings is 1. The summed E-state index contributed by atoms with van der Waals surface area (Å²) in [6.07, 6.45) is 6.24. The third-order valence-corrected chi connectivity index (χ3v) is 7.09. The van der Waals surface area contributed by atoms with Crippen LogP contribution in [0.5, 0.6) is 0 Å². The number of carbonyl (C=O) groups excluding carboxylic acids is 1. The zero-order valence-electron chi connectivity index (χ0n) is 14.3. The Kier molecular flexibility index (Phi) is 3.35. The maximum atomic E-state index is 12.4. The van der Waals surface area contributed by atoms with Crippen LogP contribution in [0, 0.1) is 10.8 Å². The van der Waals surface area contributed by atoms with E-state index in [4.69, 9.17) is 4.74 Å². The van der Waals surface area contributed by atoms with Crippen molar-refractivity contribution >= 4 is 5.97 Å². The molecule has 0 unspecified atom stereocenters. The molecular formula is C20H27NO2. The molecule has 1 aromatic carbocycles. The lowest BCUT2D eigenvalue weighted by Gasteiger charge is -2.68. The van der Waals surface area contributed by atoms with Crippen molar-refractivity contribution in [1.82, 2.24) is 4.90 Å². The number of likely N-dealkylation sites (tertiary alicyclic amines) is 1. The Balaban J connectivity index is 1.75. The zero-order valence-corrected chi connectivity index (χ0v) is 14.3. The average molecular weight is 313 g/mol. The van der Waals surface area contributed by atoms with Gasteiger partial charge in [0.2, 0.25) is 0 Å². The number of nitrogens with zero attached hydrogens (tertiary/aromatic N) is 1. The van der Waals surface area contributed by atoms with Gasteiger partial charge in [0.1, 0.15) is 0 Å². The highest BCUT2D eigenvalue weighted by Crippen LogP contribution is 2.66. The molecule has 3 nitrogen and oxygen atoms in total. The summed E-state index contributed by atoms with van der Waals surface area (Å²) >= 11 is 0. The number of ether oxygens (including phenoxy) is 1. The Morgan fingerprint density at radius 2 is 1.87 bits per heavy atom. The Morgan fingerprint density at radius 3 is 2.65 bits per heavy atom. The summed E-state index contributed by atoms with van der Waals surface area (Å²) in [4.78, 5) is 14.9. The van der Waals surface area contributed by atoms with Gasteiger partial charge in [-0.3, -0.25) is 9.69 Å². The molecule has 3 fully saturated rings. The van der Waals surface area contributed by atoms with Crippen molar-refractivity contribution in [3.05, 3.63) is 35.9 Å². The van der Waals surface area contributed by atoms with E-state index in [-0.39, 0.29) is 16.8 Å². The third-order valence-electron chi connectivity index (χ3n) is 7.09. The van der Waals surface area contributed by atoms with E-state index in [2.05, 4.69) is 49.1 Å². The van der Waals surface area contributed by atoms with Crippen molar-refractivity contribution in [2.24, 2.45) is 10.8 Å². The highest BCUT2D eigenvalue weighted by molar-refractivity contribution is 5.72. The van der Waals surface area contributed by atoms with Gasteiger partial charge in [-0.05, 0) is 36.7 Å². The largest absolute Gasteiger partial charge is 0.443 e. The van der Waals surface area contributed by atoms with E-state index < -0.39 is 5.72 Å². The number of hydrogen-bond acceptors (Lipinski definition) is 3. The second-order valence-corrected chi connectivity index (χ2v) is 8.19. The summed E-state index contributed by atoms with van der Waals surface area (Å²) in [5.41, 5.74) is 1.05. The van der Waals surface area contributed by atoms with Gasteiger partial charge >= 0.3 is 5.97 Å². The van der Waals surface area contributed by atoms with E-state index in [0.717, 1.165) is 32.4 Å². The monoisotopic (exact) mass is 313 g/mol. The molecule has 0 aromatic heterocycles. The van der Waals surface area contributed by atoms with Gasteiger partial charge in [0.05, 0.1) is 6.42 Å². The second kappa shape index (κ2) is 5.07. The minimum Gasteiger partial charge on any atom is -0.443 e. The Labute approximate surface area is 139 Å². The van der Waals surface area contributed by atoms with Gasteiger partial charge in [0, 0.05) is 24.9 Å². The van der Waals surface area contributed by atoms with E-state index in [1.165, 1.54) is 18.4 Å². The molecule has 3 atom stereocenters. The van der Waals surface area contributed by atoms with E-state index in [1.807, 2.05) is 0 Å². The molecule has 124 valence electrons. The van der Waals surface area contributed by atoms with Crippen LogP contribution in [0.1, 0.15) is 57.9 Å². The van der Waals surface area contributed by atoms with Crippen molar-refractivity contribution < 1.29 is 9.53 Å². The van der Waals surface area contributed by atoms with Crippen molar-refractivity contribution in [3.63, 3.8) is 0 Å². The first-order chi connectivity index (χ1) is 11.0. The SMILES string of the molecule is C[C@@]12CCC[C@]3(OC(=O)C1)N(Cc1ccccc1)CCC[C@@]23C. The van der Waals surface area contributed by atoms with Crippen LogP contribution in [0.3, 0.4) is 0 Å². The predicted octanol–water partition coefficient (Wildman–Crippen LogP) is 4.12. The van der Waals surface area contributed by atoms with E-state index in [9.17, 15) is 4.79 Å². The summed E-state index contributed by atoms with van der Waals surface area (Å²) in [5.74, 6) is 0.00429. The van der Waals surface area contributed by atoms with Crippen molar-refractivity contribution in [3.8, 4) is 0 Å². The fourth-order valence-corrected chi connectivity index (χ4v) is 5.61. The molecule has 23 heavy (non-hydrogen) atoms. The summed E-state index contributed by atoms with van der Waals surface area (Å²) in [6.45, 7) is 6.61. The summed E-state index contributed by atoms with van der Waals surface area (Å²) < 4.78 is 6.19. The van der Waals surface area contributed by atoms with Gasteiger partial charge in [-0.15, -0.1) is 0 Å². The maximum Gasteiger partial charge on any atom is 0.308 e. The van der Waals surface area contributed by atoms with Crippen LogP contribution < -0.4 is 0 Å². The minimum atomic E-state index is -0.399. The number of carbonyl (C=O) groups is 1. The summed E-state index contributed by atoms with van der Waals surface area (Å²) in [5, 5.41) is 0. The second-order valence-electron chi connectivity index (χ2n) is 8.19. The molecule has 2 saturated heterocycles. The molecule has 0 radical (unpaired) electrons. The van der Waals surface area contributed by atoms with Crippen LogP contribution >= 0.6 is 0 Å². The lowest BCUT2D eigenvalue weighted by atomic mass is 9.48. The fraction of sp³-hybridized carbons (Fsp3) is 0.650. The zero-order chi connectivity index (χ0) is 16.1. The number of esters is 1. The van der Waals surface area contributed by atoms with E-state index in [0.29, 0.717) is 6.42 Å². The number of benzene rings is 1. The molecule has 3 heteroatoms. The maximum absolute atomic E-state index is 12.4. The Bertz CT molecular complexity index is 615. The first-order valence-electron chi connectivity index (χ1n) is 9.00. The summed E-state index contributed by atoms with van der Waals surface area (Å²) in [7, 11) is 0. The van der Waals surface area contributed by atoms with Gasteiger partial charge in [0.15, 0.2) is 5.72 Å². The lowest BCUT2D eigenvalue weighted by Crippen LogP contribution is -2.73. The lowest BCUT2D eigenvalue weighted by molar-refractivity contribution is -0.309. The van der Waals surface area contributed by atoms with Crippen molar-refractivity contribution in [2.75, 3.05) is 6.54 Å². The molecule has 2 aliphatic heterocycles. The minimum absolute atomic E-state index is 0.00429. The highest BCUT2D eigenvalue weighted by Gasteiger charge is 2.68. The first kappa shape index (κ1) is 15.2. The molecule has 3 aliphatic rings. The van der Waals surface area contributed by atoms with Crippen LogP contribution in [-0.2, 0) is 16.1 Å². The number of hydrogen-bond donors (Lipinski definition) is 0. The molecule has 1 saturated carbocycles. The van der Waals surface area contributed by atoms with E-state index >= 15 is 0 Å². The Hall–Kier alpha value is -1.35. The fourth-order valence-electron chi connectivity index (χ4n) is 5.61. The van der Waals surface area contributed by atoms with Crippen LogP contribution in [-0.4, -0.2) is 23.1 Å². The van der Waals surface area contributed by atoms with Crippen LogP contribution in [0.2, 0.25) is 0 Å². The Morgan fingerprint density at radius 1 is 1.09 bits per heavy atom. The van der Waals surface area contributed by atoms with Gasteiger partial charge in [0.25, 0.3) is 0 Å². The average Bonchev–Trinajstić information content (AvgIpc) is 2.50. The molecule has 0 amide bonds. The molecule has 0 N–H and O–H groups in total. The quantitative estimate of drug-likeness (QED) is 0.769. The van der Waals surface area contributed by atoms with Gasteiger partial charge in [-0.2, -0.15) is 0 Å². The van der Waals surface area contributed by atoms with Gasteiger partial charge < -0.3 is 4.74 Å². The number of rotatable bonds is 2. The molecule has 1 aliphatic carbocycles. The standard InChI is InChI=1S/C20H27NO2/c1-18-10-6-12-20(23-17(22)14-18)19(18,2)11-7-13-21(20)15-16-8-4-3-5-9-16/h3-5,8-9H,6-7,10-15H2,1-2H3/t18-,19+,20-/m1/s1. The molecular weight excluding hydrogens is 286 g/mol. The van der Waals surface area contributed by atoms with Crippen molar-refractivity contribution in [1.29, 1.82) is 0 Å². The smallest absolute Gasteiger partial charge is 0.308 e. The van der Waals surface area contributed by atoms with Crippen molar-refractivity contribution in [2.45, 2.75) is 64.6 Å². The molecule has 2 bridgehead atoms. The van der Waals surface area contributed by atoms with E-state index in [1.54, 1.807) is 0 Å². The predicted molar refractivity (Wildman–Crippen MR) is 89.6 cm³/mol. The van der Waals surface area contributed by atoms with Gasteiger partial charge in [-0.25, -0.2) is 0 Å². The molecule has 2 heterocycles. The third kappa shape index (κ3) is 2.02. The summed E-state index contributed by atoms with van der Waals surface area (Å²) in [6, 6.07) is 10.6. The van der Waals surface area contributed by atoms with Crippen LogP contribution in [0.4, 0.5) is 0 Å². The van der Waals surface area contributed by atoms with Crippen LogP contribution in [0.15, 0.2) is 30.3 Å². The topological polar surface area (TPSA) is 29.5 Å². The van der Waals surface area contributed by atoms with Crippen LogP contribution in [0.25, 0.3) is 0 Å². The first-order valence-corrected chi connectivity index (χ1v) is 9.00. The molecule has 0 spiro atoms. The highest BCUT2D eigenvalue weighted by atomic mass is 16.6. The molecule has 1 aromatic rings. The normalized spacial score (nSPS) is 40.3. The molecule has 4 rings (SSSR count).